The molecule has 1 saturated heterocycles. The molecule has 0 radical (unpaired) electrons. The van der Waals surface area contributed by atoms with Gasteiger partial charge in [-0.15, -0.1) is 11.8 Å². The van der Waals surface area contributed by atoms with Crippen LogP contribution < -0.4 is 5.32 Å². The number of nitrogens with zero attached hydrogens (tertiary/aromatic N) is 3. The van der Waals surface area contributed by atoms with Crippen LogP contribution in [0.2, 0.25) is 0 Å². The summed E-state index contributed by atoms with van der Waals surface area (Å²) in [6, 6.07) is 7.76. The van der Waals surface area contributed by atoms with Crippen molar-refractivity contribution in [2.45, 2.75) is 11.3 Å². The Bertz CT molecular complexity index is 579. The molecule has 1 aromatic rings. The number of thioether (sulfide) groups is 1. The van der Waals surface area contributed by atoms with Crippen LogP contribution in [0.25, 0.3) is 0 Å². The van der Waals surface area contributed by atoms with Crippen molar-refractivity contribution in [2.75, 3.05) is 58.4 Å². The fourth-order valence-electron chi connectivity index (χ4n) is 2.57. The van der Waals surface area contributed by atoms with Gasteiger partial charge in [-0.3, -0.25) is 9.69 Å². The van der Waals surface area contributed by atoms with Gasteiger partial charge in [-0.05, 0) is 30.9 Å². The van der Waals surface area contributed by atoms with Gasteiger partial charge < -0.3 is 15.1 Å². The van der Waals surface area contributed by atoms with Crippen LogP contribution >= 0.6 is 11.8 Å². The molecule has 0 aliphatic carbocycles. The van der Waals surface area contributed by atoms with E-state index in [1.165, 1.54) is 0 Å². The number of urea groups is 1. The lowest BCUT2D eigenvalue weighted by atomic mass is 10.3. The molecule has 1 aliphatic heterocycles. The van der Waals surface area contributed by atoms with Gasteiger partial charge in [-0.25, -0.2) is 4.79 Å². The van der Waals surface area contributed by atoms with Crippen molar-refractivity contribution in [1.29, 1.82) is 0 Å². The molecule has 0 aromatic heterocycles. The summed E-state index contributed by atoms with van der Waals surface area (Å²) in [5.74, 6) is 0.0989. The zero-order valence-corrected chi connectivity index (χ0v) is 15.4. The van der Waals surface area contributed by atoms with Crippen LogP contribution in [-0.4, -0.2) is 79.7 Å². The zero-order chi connectivity index (χ0) is 17.5. The highest BCUT2D eigenvalue weighted by Gasteiger charge is 2.21. The Balaban J connectivity index is 1.88. The standard InChI is InChI=1S/C17H26N4O2S/c1-19(2)16(22)13-20-8-5-9-21(11-10-20)17(23)18-14-6-4-7-15(12-14)24-3/h4,6-7,12H,5,8-11,13H2,1-3H3,(H,18,23). The number of anilines is 1. The van der Waals surface area contributed by atoms with E-state index >= 15 is 0 Å². The quantitative estimate of drug-likeness (QED) is 0.845. The second kappa shape index (κ2) is 8.94. The van der Waals surface area contributed by atoms with Gasteiger partial charge >= 0.3 is 6.03 Å². The number of likely N-dealkylation sites (N-methyl/N-ethyl adjacent to an activating group) is 1. The smallest absolute Gasteiger partial charge is 0.321 e. The van der Waals surface area contributed by atoms with Gasteiger partial charge in [0, 0.05) is 50.9 Å². The molecule has 0 atom stereocenters. The van der Waals surface area contributed by atoms with Crippen molar-refractivity contribution in [2.24, 2.45) is 0 Å². The molecule has 1 aromatic carbocycles. The lowest BCUT2D eigenvalue weighted by Crippen LogP contribution is -2.40. The Morgan fingerprint density at radius 3 is 2.71 bits per heavy atom. The Labute approximate surface area is 148 Å². The molecular weight excluding hydrogens is 324 g/mol. The SMILES string of the molecule is CSc1cccc(NC(=O)N2CCCN(CC(=O)N(C)C)CC2)c1. The summed E-state index contributed by atoms with van der Waals surface area (Å²) in [6.07, 6.45) is 2.89. The van der Waals surface area contributed by atoms with Crippen LogP contribution in [0.4, 0.5) is 10.5 Å². The second-order valence-corrected chi connectivity index (χ2v) is 6.95. The number of benzene rings is 1. The summed E-state index contributed by atoms with van der Waals surface area (Å²) < 4.78 is 0. The fraction of sp³-hybridized carbons (Fsp3) is 0.529. The van der Waals surface area contributed by atoms with E-state index in [1.807, 2.05) is 35.4 Å². The largest absolute Gasteiger partial charge is 0.348 e. The van der Waals surface area contributed by atoms with Gasteiger partial charge in [-0.2, -0.15) is 0 Å². The first-order chi connectivity index (χ1) is 11.5. The van der Waals surface area contributed by atoms with Crippen molar-refractivity contribution in [3.05, 3.63) is 24.3 Å². The van der Waals surface area contributed by atoms with Crippen LogP contribution in [0.15, 0.2) is 29.2 Å². The maximum absolute atomic E-state index is 12.5. The average Bonchev–Trinajstić information content (AvgIpc) is 2.80. The van der Waals surface area contributed by atoms with E-state index in [0.29, 0.717) is 19.6 Å². The highest BCUT2D eigenvalue weighted by Crippen LogP contribution is 2.19. The fourth-order valence-corrected chi connectivity index (χ4v) is 3.03. The van der Waals surface area contributed by atoms with E-state index in [2.05, 4.69) is 10.2 Å². The average molecular weight is 350 g/mol. The molecule has 1 N–H and O–H groups in total. The lowest BCUT2D eigenvalue weighted by Gasteiger charge is -2.23. The molecule has 7 heteroatoms. The number of rotatable bonds is 4. The number of nitrogens with one attached hydrogen (secondary N) is 1. The second-order valence-electron chi connectivity index (χ2n) is 6.07. The minimum absolute atomic E-state index is 0.0750. The molecule has 132 valence electrons. The van der Waals surface area contributed by atoms with Crippen LogP contribution in [0.5, 0.6) is 0 Å². The molecular formula is C17H26N4O2S. The summed E-state index contributed by atoms with van der Waals surface area (Å²) in [5, 5.41) is 2.97. The maximum Gasteiger partial charge on any atom is 0.321 e. The molecule has 2 rings (SSSR count). The minimum Gasteiger partial charge on any atom is -0.348 e. The summed E-state index contributed by atoms with van der Waals surface area (Å²) >= 11 is 1.65. The summed E-state index contributed by atoms with van der Waals surface area (Å²) in [7, 11) is 3.53. The first kappa shape index (κ1) is 18.6. The van der Waals surface area contributed by atoms with Gasteiger partial charge in [0.05, 0.1) is 6.54 Å². The number of carbonyl (C=O) groups is 2. The van der Waals surface area contributed by atoms with Gasteiger partial charge in [0.1, 0.15) is 0 Å². The monoisotopic (exact) mass is 350 g/mol. The molecule has 24 heavy (non-hydrogen) atoms. The molecule has 3 amide bonds. The molecule has 0 spiro atoms. The van der Waals surface area contributed by atoms with E-state index in [0.717, 1.165) is 30.1 Å². The third-order valence-electron chi connectivity index (χ3n) is 4.05. The van der Waals surface area contributed by atoms with E-state index in [9.17, 15) is 9.59 Å². The Morgan fingerprint density at radius 2 is 2.00 bits per heavy atom. The van der Waals surface area contributed by atoms with Crippen molar-refractivity contribution >= 4 is 29.4 Å². The van der Waals surface area contributed by atoms with Crippen LogP contribution in [-0.2, 0) is 4.79 Å². The van der Waals surface area contributed by atoms with Crippen LogP contribution in [0, 0.1) is 0 Å². The first-order valence-electron chi connectivity index (χ1n) is 8.12. The zero-order valence-electron chi connectivity index (χ0n) is 14.6. The van der Waals surface area contributed by atoms with E-state index in [4.69, 9.17) is 0 Å². The maximum atomic E-state index is 12.5. The van der Waals surface area contributed by atoms with Gasteiger partial charge in [0.15, 0.2) is 0 Å². The Kier molecular flexibility index (Phi) is 6.93. The summed E-state index contributed by atoms with van der Waals surface area (Å²) in [6.45, 7) is 3.32. The molecule has 6 nitrogen and oxygen atoms in total. The van der Waals surface area contributed by atoms with Crippen LogP contribution in [0.1, 0.15) is 6.42 Å². The predicted octanol–water partition coefficient (Wildman–Crippen LogP) is 2.04. The van der Waals surface area contributed by atoms with E-state index in [1.54, 1.807) is 30.8 Å². The third kappa shape index (κ3) is 5.42. The Morgan fingerprint density at radius 1 is 1.21 bits per heavy atom. The van der Waals surface area contributed by atoms with Gasteiger partial charge in [-0.1, -0.05) is 6.07 Å². The number of hydrogen-bond acceptors (Lipinski definition) is 4. The van der Waals surface area contributed by atoms with Gasteiger partial charge in [0.2, 0.25) is 5.91 Å². The van der Waals surface area contributed by atoms with E-state index in [-0.39, 0.29) is 11.9 Å². The predicted molar refractivity (Wildman–Crippen MR) is 98.6 cm³/mol. The Hall–Kier alpha value is -1.73. The molecule has 0 saturated carbocycles. The topological polar surface area (TPSA) is 55.9 Å². The highest BCUT2D eigenvalue weighted by molar-refractivity contribution is 7.98. The number of carbonyl (C=O) groups excluding carboxylic acids is 2. The van der Waals surface area contributed by atoms with Crippen molar-refractivity contribution < 1.29 is 9.59 Å². The normalized spacial score (nSPS) is 15.7. The van der Waals surface area contributed by atoms with Gasteiger partial charge in [0.25, 0.3) is 0 Å². The molecule has 0 bridgehead atoms. The highest BCUT2D eigenvalue weighted by atomic mass is 32.2. The van der Waals surface area contributed by atoms with Crippen molar-refractivity contribution in [3.63, 3.8) is 0 Å². The number of amides is 3. The molecule has 0 unspecified atom stereocenters. The first-order valence-corrected chi connectivity index (χ1v) is 9.34. The van der Waals surface area contributed by atoms with Crippen molar-refractivity contribution in [1.82, 2.24) is 14.7 Å². The molecule has 1 fully saturated rings. The van der Waals surface area contributed by atoms with E-state index < -0.39 is 0 Å². The lowest BCUT2D eigenvalue weighted by molar-refractivity contribution is -0.129. The van der Waals surface area contributed by atoms with Crippen LogP contribution in [0.3, 0.4) is 0 Å². The summed E-state index contributed by atoms with van der Waals surface area (Å²) in [4.78, 5) is 31.0. The molecule has 1 aliphatic rings. The summed E-state index contributed by atoms with van der Waals surface area (Å²) in [5.41, 5.74) is 0.815. The number of hydrogen-bond donors (Lipinski definition) is 1. The molecule has 1 heterocycles. The minimum atomic E-state index is -0.0750. The van der Waals surface area contributed by atoms with Crippen molar-refractivity contribution in [3.8, 4) is 0 Å². The third-order valence-corrected chi connectivity index (χ3v) is 4.78.